The van der Waals surface area contributed by atoms with Gasteiger partial charge in [-0.15, -0.1) is 0 Å². The zero-order valence-electron chi connectivity index (χ0n) is 12.9. The standard InChI is InChI=1S/C18H12N4O2S/c23-16-12(17(24)22-18(25)21-16)9-19-15-10-5-1-3-7-13(10)20-14-8-4-2-6-11(14)15/h1-9H,(H3,21,22,23,24,25). The van der Waals surface area contributed by atoms with E-state index in [1.807, 2.05) is 48.5 Å². The van der Waals surface area contributed by atoms with Crippen LogP contribution in [0.3, 0.4) is 0 Å². The largest absolute Gasteiger partial charge is 0.494 e. The summed E-state index contributed by atoms with van der Waals surface area (Å²) in [5.74, 6) is -0.319. The number of aliphatic imine (C=N–C) groups is 1. The number of benzene rings is 2. The first-order valence-corrected chi connectivity index (χ1v) is 7.91. The molecule has 0 saturated heterocycles. The lowest BCUT2D eigenvalue weighted by Gasteiger charge is -2.06. The van der Waals surface area contributed by atoms with Gasteiger partial charge in [0.2, 0.25) is 5.88 Å². The lowest BCUT2D eigenvalue weighted by atomic mass is 10.1. The van der Waals surface area contributed by atoms with Gasteiger partial charge in [-0.2, -0.15) is 0 Å². The van der Waals surface area contributed by atoms with E-state index in [4.69, 9.17) is 12.2 Å². The molecular formula is C18H12N4O2S. The Morgan fingerprint density at radius 2 is 1.60 bits per heavy atom. The smallest absolute Gasteiger partial charge is 0.264 e. The van der Waals surface area contributed by atoms with E-state index >= 15 is 0 Å². The van der Waals surface area contributed by atoms with Crippen LogP contribution in [0.25, 0.3) is 21.8 Å². The van der Waals surface area contributed by atoms with Gasteiger partial charge < -0.3 is 10.1 Å². The highest BCUT2D eigenvalue weighted by Crippen LogP contribution is 2.32. The van der Waals surface area contributed by atoms with Crippen molar-refractivity contribution in [1.82, 2.24) is 15.0 Å². The molecule has 0 unspecified atom stereocenters. The Kier molecular flexibility index (Phi) is 3.62. The third-order valence-corrected chi connectivity index (χ3v) is 4.04. The molecule has 4 aromatic rings. The Morgan fingerprint density at radius 1 is 1.00 bits per heavy atom. The summed E-state index contributed by atoms with van der Waals surface area (Å²) in [5.41, 5.74) is 1.80. The summed E-state index contributed by atoms with van der Waals surface area (Å²) < 4.78 is 0.0551. The van der Waals surface area contributed by atoms with Crippen LogP contribution < -0.4 is 5.56 Å². The maximum absolute atomic E-state index is 12.0. The molecule has 0 amide bonds. The topological polar surface area (TPSA) is 94.1 Å². The Labute approximate surface area is 146 Å². The van der Waals surface area contributed by atoms with Gasteiger partial charge >= 0.3 is 0 Å². The highest BCUT2D eigenvalue weighted by atomic mass is 32.1. The average molecular weight is 348 g/mol. The van der Waals surface area contributed by atoms with Crippen LogP contribution in [0.2, 0.25) is 0 Å². The molecule has 4 rings (SSSR count). The molecule has 6 nitrogen and oxygen atoms in total. The predicted octanol–water partition coefficient (Wildman–Crippen LogP) is 3.59. The van der Waals surface area contributed by atoms with Gasteiger partial charge in [-0.3, -0.25) is 14.8 Å². The number of rotatable bonds is 2. The van der Waals surface area contributed by atoms with Crippen molar-refractivity contribution in [3.8, 4) is 5.88 Å². The molecule has 0 aliphatic carbocycles. The van der Waals surface area contributed by atoms with Crippen molar-refractivity contribution in [3.63, 3.8) is 0 Å². The van der Waals surface area contributed by atoms with E-state index < -0.39 is 5.56 Å². The molecule has 2 heterocycles. The second-order valence-electron chi connectivity index (χ2n) is 5.42. The summed E-state index contributed by atoms with van der Waals surface area (Å²) in [4.78, 5) is 26.0. The summed E-state index contributed by atoms with van der Waals surface area (Å²) in [6.45, 7) is 0. The van der Waals surface area contributed by atoms with E-state index in [-0.39, 0.29) is 16.2 Å². The van der Waals surface area contributed by atoms with E-state index in [2.05, 4.69) is 19.9 Å². The fourth-order valence-corrected chi connectivity index (χ4v) is 2.88. The predicted molar refractivity (Wildman–Crippen MR) is 100 cm³/mol. The molecule has 0 aliphatic heterocycles. The molecule has 0 saturated carbocycles. The molecule has 2 aromatic carbocycles. The third-order valence-electron chi connectivity index (χ3n) is 3.84. The lowest BCUT2D eigenvalue weighted by Crippen LogP contribution is -2.13. The normalized spacial score (nSPS) is 11.5. The highest BCUT2D eigenvalue weighted by molar-refractivity contribution is 7.71. The van der Waals surface area contributed by atoms with Crippen LogP contribution >= 0.6 is 12.2 Å². The zero-order chi connectivity index (χ0) is 17.4. The van der Waals surface area contributed by atoms with Gasteiger partial charge in [0.05, 0.1) is 16.7 Å². The molecule has 2 aromatic heterocycles. The summed E-state index contributed by atoms with van der Waals surface area (Å²) in [7, 11) is 0. The number of aromatic amines is 2. The van der Waals surface area contributed by atoms with Crippen LogP contribution in [0.15, 0.2) is 58.3 Å². The summed E-state index contributed by atoms with van der Waals surface area (Å²) in [5, 5.41) is 11.6. The van der Waals surface area contributed by atoms with Crippen LogP contribution in [0, 0.1) is 4.77 Å². The highest BCUT2D eigenvalue weighted by Gasteiger charge is 2.09. The van der Waals surface area contributed by atoms with Crippen LogP contribution in [-0.2, 0) is 0 Å². The summed E-state index contributed by atoms with van der Waals surface area (Å²) >= 11 is 4.83. The van der Waals surface area contributed by atoms with Crippen molar-refractivity contribution in [2.45, 2.75) is 0 Å². The van der Waals surface area contributed by atoms with E-state index in [1.54, 1.807) is 0 Å². The number of H-pyrrole nitrogens is 2. The molecule has 0 aliphatic rings. The number of hydrogen-bond acceptors (Lipinski definition) is 5. The van der Waals surface area contributed by atoms with Crippen LogP contribution in [0.4, 0.5) is 5.69 Å². The maximum Gasteiger partial charge on any atom is 0.264 e. The Morgan fingerprint density at radius 3 is 2.20 bits per heavy atom. The number of aromatic hydroxyl groups is 1. The van der Waals surface area contributed by atoms with Crippen molar-refractivity contribution in [1.29, 1.82) is 0 Å². The van der Waals surface area contributed by atoms with Crippen molar-refractivity contribution < 1.29 is 5.11 Å². The third kappa shape index (κ3) is 2.70. The number of nitrogens with one attached hydrogen (secondary N) is 2. The van der Waals surface area contributed by atoms with Gasteiger partial charge in [0.1, 0.15) is 5.56 Å². The Balaban J connectivity index is 2.00. The Bertz CT molecular complexity index is 1200. The summed E-state index contributed by atoms with van der Waals surface area (Å²) in [6, 6.07) is 15.3. The molecule has 0 fully saturated rings. The van der Waals surface area contributed by atoms with Crippen molar-refractivity contribution in [3.05, 3.63) is 69.2 Å². The zero-order valence-corrected chi connectivity index (χ0v) is 13.7. The first-order chi connectivity index (χ1) is 12.1. The van der Waals surface area contributed by atoms with Crippen molar-refractivity contribution in [2.75, 3.05) is 0 Å². The number of para-hydroxylation sites is 2. The van der Waals surface area contributed by atoms with Crippen molar-refractivity contribution in [2.24, 2.45) is 4.99 Å². The van der Waals surface area contributed by atoms with Crippen LogP contribution in [0.5, 0.6) is 5.88 Å². The van der Waals surface area contributed by atoms with Gasteiger partial charge in [-0.05, 0) is 24.4 Å². The fourth-order valence-electron chi connectivity index (χ4n) is 2.69. The molecule has 0 atom stereocenters. The average Bonchev–Trinajstić information content (AvgIpc) is 2.60. The number of aromatic nitrogens is 3. The first-order valence-electron chi connectivity index (χ1n) is 7.50. The number of pyridine rings is 1. The molecule has 25 heavy (non-hydrogen) atoms. The minimum absolute atomic E-state index is 0.0126. The molecule has 3 N–H and O–H groups in total. The van der Waals surface area contributed by atoms with Gasteiger partial charge in [0, 0.05) is 17.0 Å². The van der Waals surface area contributed by atoms with Gasteiger partial charge in [0.25, 0.3) is 5.56 Å². The second kappa shape index (κ2) is 5.95. The maximum atomic E-state index is 12.0. The molecule has 0 radical (unpaired) electrons. The van der Waals surface area contributed by atoms with E-state index in [0.717, 1.165) is 21.8 Å². The molecule has 122 valence electrons. The number of hydrogen-bond donors (Lipinski definition) is 3. The quantitative estimate of drug-likeness (QED) is 0.293. The number of fused-ring (bicyclic) bond motifs is 2. The SMILES string of the molecule is O=c1[nH]c(=S)[nH]c(O)c1C=Nc1c2ccccc2nc2ccccc12. The van der Waals surface area contributed by atoms with E-state index in [0.29, 0.717) is 5.69 Å². The summed E-state index contributed by atoms with van der Waals surface area (Å²) in [6.07, 6.45) is 1.33. The van der Waals surface area contributed by atoms with Crippen LogP contribution in [0.1, 0.15) is 5.56 Å². The fraction of sp³-hybridized carbons (Fsp3) is 0. The minimum atomic E-state index is -0.507. The Hall–Kier alpha value is -3.32. The first kappa shape index (κ1) is 15.2. The molecular weight excluding hydrogens is 336 g/mol. The molecule has 0 spiro atoms. The monoisotopic (exact) mass is 348 g/mol. The molecule has 0 bridgehead atoms. The number of nitrogens with zero attached hydrogens (tertiary/aromatic N) is 2. The minimum Gasteiger partial charge on any atom is -0.494 e. The van der Waals surface area contributed by atoms with E-state index in [1.165, 1.54) is 6.21 Å². The van der Waals surface area contributed by atoms with Crippen LogP contribution in [-0.4, -0.2) is 26.3 Å². The second-order valence-corrected chi connectivity index (χ2v) is 5.83. The van der Waals surface area contributed by atoms with Gasteiger partial charge in [0.15, 0.2) is 4.77 Å². The van der Waals surface area contributed by atoms with Gasteiger partial charge in [-0.1, -0.05) is 36.4 Å². The molecule has 7 heteroatoms. The van der Waals surface area contributed by atoms with Gasteiger partial charge in [-0.25, -0.2) is 4.98 Å². The van der Waals surface area contributed by atoms with E-state index in [9.17, 15) is 9.90 Å². The van der Waals surface area contributed by atoms with Crippen molar-refractivity contribution >= 4 is 45.9 Å². The lowest BCUT2D eigenvalue weighted by molar-refractivity contribution is 0.449.